The van der Waals surface area contributed by atoms with E-state index >= 15 is 0 Å². The molecule has 1 heterocycles. The summed E-state index contributed by atoms with van der Waals surface area (Å²) < 4.78 is 28.9. The molecule has 2 N–H and O–H groups in total. The SMILES string of the molecule is Cc1ccc(S(=O)(=O)NCCNC(=O)/C=C/c2c(C)nn(Cc3ccccc3Cl)c2C)cc1. The highest BCUT2D eigenvalue weighted by Gasteiger charge is 2.13. The minimum Gasteiger partial charge on any atom is -0.351 e. The van der Waals surface area contributed by atoms with Gasteiger partial charge in [0.15, 0.2) is 0 Å². The van der Waals surface area contributed by atoms with Crippen molar-refractivity contribution in [1.82, 2.24) is 19.8 Å². The van der Waals surface area contributed by atoms with E-state index in [2.05, 4.69) is 15.1 Å². The largest absolute Gasteiger partial charge is 0.351 e. The van der Waals surface area contributed by atoms with Crippen LogP contribution in [-0.4, -0.2) is 37.2 Å². The predicted octanol–water partition coefficient (Wildman–Crippen LogP) is 3.62. The first-order chi connectivity index (χ1) is 15.7. The van der Waals surface area contributed by atoms with Gasteiger partial charge in [-0.15, -0.1) is 0 Å². The van der Waals surface area contributed by atoms with Crippen LogP contribution in [0.2, 0.25) is 5.02 Å². The molecule has 0 saturated heterocycles. The normalized spacial score (nSPS) is 11.8. The topological polar surface area (TPSA) is 93.1 Å². The Kier molecular flexibility index (Phi) is 8.07. The number of amides is 1. The van der Waals surface area contributed by atoms with Crippen LogP contribution in [0.4, 0.5) is 0 Å². The number of nitrogens with zero attached hydrogens (tertiary/aromatic N) is 2. The average Bonchev–Trinajstić information content (AvgIpc) is 3.04. The Labute approximate surface area is 199 Å². The van der Waals surface area contributed by atoms with Crippen molar-refractivity contribution in [3.05, 3.63) is 87.7 Å². The molecular formula is C24H27ClN4O3S. The summed E-state index contributed by atoms with van der Waals surface area (Å²) >= 11 is 6.25. The van der Waals surface area contributed by atoms with Crippen molar-refractivity contribution in [1.29, 1.82) is 0 Å². The number of carbonyl (C=O) groups excluding carboxylic acids is 1. The summed E-state index contributed by atoms with van der Waals surface area (Å²) in [6.45, 7) is 6.50. The number of benzene rings is 2. The van der Waals surface area contributed by atoms with E-state index in [1.165, 1.54) is 6.08 Å². The molecule has 2 aromatic carbocycles. The summed E-state index contributed by atoms with van der Waals surface area (Å²) in [5, 5.41) is 7.92. The van der Waals surface area contributed by atoms with Gasteiger partial charge in [0.1, 0.15) is 0 Å². The first-order valence-electron chi connectivity index (χ1n) is 10.5. The number of sulfonamides is 1. The first kappa shape index (κ1) is 24.7. The number of aromatic nitrogens is 2. The molecule has 0 atom stereocenters. The fourth-order valence-corrected chi connectivity index (χ4v) is 4.51. The summed E-state index contributed by atoms with van der Waals surface area (Å²) in [7, 11) is -3.61. The number of aryl methyl sites for hydroxylation is 2. The van der Waals surface area contributed by atoms with E-state index in [0.29, 0.717) is 11.6 Å². The van der Waals surface area contributed by atoms with E-state index in [0.717, 1.165) is 28.1 Å². The van der Waals surface area contributed by atoms with Crippen molar-refractivity contribution in [2.24, 2.45) is 0 Å². The van der Waals surface area contributed by atoms with Crippen molar-refractivity contribution in [3.63, 3.8) is 0 Å². The zero-order valence-corrected chi connectivity index (χ0v) is 20.4. The van der Waals surface area contributed by atoms with Crippen LogP contribution in [0.1, 0.15) is 28.1 Å². The lowest BCUT2D eigenvalue weighted by Crippen LogP contribution is -2.34. The zero-order valence-electron chi connectivity index (χ0n) is 18.8. The Balaban J connectivity index is 1.54. The highest BCUT2D eigenvalue weighted by molar-refractivity contribution is 7.89. The maximum atomic E-state index is 12.3. The van der Waals surface area contributed by atoms with Crippen molar-refractivity contribution < 1.29 is 13.2 Å². The van der Waals surface area contributed by atoms with Crippen molar-refractivity contribution in [3.8, 4) is 0 Å². The molecule has 0 radical (unpaired) electrons. The van der Waals surface area contributed by atoms with Crippen LogP contribution in [0.25, 0.3) is 6.08 Å². The van der Waals surface area contributed by atoms with Gasteiger partial charge < -0.3 is 5.32 Å². The number of hydrogen-bond acceptors (Lipinski definition) is 4. The molecule has 3 rings (SSSR count). The Bertz CT molecular complexity index is 1270. The van der Waals surface area contributed by atoms with Crippen LogP contribution in [0.3, 0.4) is 0 Å². The minimum atomic E-state index is -3.61. The van der Waals surface area contributed by atoms with Gasteiger partial charge in [-0.2, -0.15) is 5.10 Å². The molecule has 0 fully saturated rings. The molecular weight excluding hydrogens is 460 g/mol. The molecule has 1 aromatic heterocycles. The standard InChI is InChI=1S/C24H27ClN4O3S/c1-17-8-10-21(11-9-17)33(31,32)27-15-14-26-24(30)13-12-22-18(2)28-29(19(22)3)16-20-6-4-5-7-23(20)25/h4-13,27H,14-16H2,1-3H3,(H,26,30)/b13-12+. The van der Waals surface area contributed by atoms with E-state index in [4.69, 9.17) is 11.6 Å². The Hall–Kier alpha value is -2.94. The molecule has 0 aliphatic carbocycles. The molecule has 0 spiro atoms. The molecule has 7 nitrogen and oxygen atoms in total. The quantitative estimate of drug-likeness (QED) is 0.357. The maximum absolute atomic E-state index is 12.3. The van der Waals surface area contributed by atoms with E-state index in [9.17, 15) is 13.2 Å². The van der Waals surface area contributed by atoms with Crippen molar-refractivity contribution >= 4 is 33.6 Å². The van der Waals surface area contributed by atoms with Crippen LogP contribution in [0, 0.1) is 20.8 Å². The fourth-order valence-electron chi connectivity index (χ4n) is 3.28. The maximum Gasteiger partial charge on any atom is 0.244 e. The van der Waals surface area contributed by atoms with Gasteiger partial charge in [-0.05, 0) is 50.6 Å². The number of hydrogen-bond donors (Lipinski definition) is 2. The molecule has 0 aliphatic rings. The van der Waals surface area contributed by atoms with Gasteiger partial charge in [0.05, 0.1) is 17.1 Å². The van der Waals surface area contributed by atoms with Gasteiger partial charge in [-0.3, -0.25) is 9.48 Å². The molecule has 1 amide bonds. The average molecular weight is 487 g/mol. The Morgan fingerprint density at radius 1 is 1.06 bits per heavy atom. The van der Waals surface area contributed by atoms with Crippen LogP contribution >= 0.6 is 11.6 Å². The van der Waals surface area contributed by atoms with E-state index in [1.54, 1.807) is 30.3 Å². The minimum absolute atomic E-state index is 0.0869. The van der Waals surface area contributed by atoms with Gasteiger partial charge >= 0.3 is 0 Å². The summed E-state index contributed by atoms with van der Waals surface area (Å²) in [4.78, 5) is 12.4. The number of carbonyl (C=O) groups is 1. The Morgan fingerprint density at radius 2 is 1.76 bits per heavy atom. The molecule has 33 heavy (non-hydrogen) atoms. The molecule has 9 heteroatoms. The molecule has 174 valence electrons. The van der Waals surface area contributed by atoms with Crippen molar-refractivity contribution in [2.45, 2.75) is 32.2 Å². The summed E-state index contributed by atoms with van der Waals surface area (Å²) in [6.07, 6.45) is 3.14. The lowest BCUT2D eigenvalue weighted by Gasteiger charge is -2.07. The number of nitrogens with one attached hydrogen (secondary N) is 2. The number of halogens is 1. The van der Waals surface area contributed by atoms with Gasteiger partial charge in [-0.1, -0.05) is 47.5 Å². The van der Waals surface area contributed by atoms with Crippen LogP contribution in [0.15, 0.2) is 59.5 Å². The zero-order chi connectivity index (χ0) is 24.0. The van der Waals surface area contributed by atoms with Crippen LogP contribution in [-0.2, 0) is 21.4 Å². The molecule has 0 aliphatic heterocycles. The second-order valence-corrected chi connectivity index (χ2v) is 9.84. The van der Waals surface area contributed by atoms with Gasteiger partial charge in [-0.25, -0.2) is 13.1 Å². The smallest absolute Gasteiger partial charge is 0.244 e. The summed E-state index contributed by atoms with van der Waals surface area (Å²) in [5.74, 6) is -0.317. The Morgan fingerprint density at radius 3 is 2.45 bits per heavy atom. The van der Waals surface area contributed by atoms with Gasteiger partial charge in [0.25, 0.3) is 0 Å². The van der Waals surface area contributed by atoms with E-state index in [-0.39, 0.29) is 23.9 Å². The van der Waals surface area contributed by atoms with E-state index in [1.807, 2.05) is 49.7 Å². The summed E-state index contributed by atoms with van der Waals surface area (Å²) in [5.41, 5.74) is 4.52. The fraction of sp³-hybridized carbons (Fsp3) is 0.250. The van der Waals surface area contributed by atoms with Crippen LogP contribution < -0.4 is 10.0 Å². The second kappa shape index (κ2) is 10.8. The molecule has 0 unspecified atom stereocenters. The van der Waals surface area contributed by atoms with Gasteiger partial charge in [0.2, 0.25) is 15.9 Å². The lowest BCUT2D eigenvalue weighted by atomic mass is 10.1. The van der Waals surface area contributed by atoms with Gasteiger partial charge in [0, 0.05) is 35.4 Å². The monoisotopic (exact) mass is 486 g/mol. The highest BCUT2D eigenvalue weighted by Crippen LogP contribution is 2.20. The van der Waals surface area contributed by atoms with Crippen LogP contribution in [0.5, 0.6) is 0 Å². The third-order valence-electron chi connectivity index (χ3n) is 5.16. The molecule has 3 aromatic rings. The third kappa shape index (κ3) is 6.54. The first-order valence-corrected chi connectivity index (χ1v) is 12.3. The second-order valence-electron chi connectivity index (χ2n) is 7.67. The predicted molar refractivity (Wildman–Crippen MR) is 131 cm³/mol. The summed E-state index contributed by atoms with van der Waals surface area (Å²) in [6, 6.07) is 14.2. The third-order valence-corrected chi connectivity index (χ3v) is 7.01. The molecule has 0 bridgehead atoms. The lowest BCUT2D eigenvalue weighted by molar-refractivity contribution is -0.116. The highest BCUT2D eigenvalue weighted by atomic mass is 35.5. The van der Waals surface area contributed by atoms with Crippen molar-refractivity contribution in [2.75, 3.05) is 13.1 Å². The number of rotatable bonds is 9. The molecule has 0 saturated carbocycles. The van der Waals surface area contributed by atoms with E-state index < -0.39 is 10.0 Å².